The third kappa shape index (κ3) is 2.88. The van der Waals surface area contributed by atoms with Gasteiger partial charge in [0.25, 0.3) is 0 Å². The number of hydrogen-bond donors (Lipinski definition) is 0. The van der Waals surface area contributed by atoms with Crippen LogP contribution in [0.5, 0.6) is 0 Å². The molecule has 1 aromatic heterocycles. The van der Waals surface area contributed by atoms with Crippen molar-refractivity contribution in [2.45, 2.75) is 25.2 Å². The second-order valence-corrected chi connectivity index (χ2v) is 6.66. The van der Waals surface area contributed by atoms with Crippen LogP contribution in [0, 0.1) is 0 Å². The van der Waals surface area contributed by atoms with Gasteiger partial charge in [0.1, 0.15) is 0 Å². The number of nitrogens with zero attached hydrogens (tertiary/aromatic N) is 3. The number of aromatic nitrogens is 1. The van der Waals surface area contributed by atoms with Crippen LogP contribution < -0.4 is 4.90 Å². The Labute approximate surface area is 143 Å². The lowest BCUT2D eigenvalue weighted by atomic mass is 9.82. The molecule has 124 valence electrons. The molecule has 4 rings (SSSR count). The minimum absolute atomic E-state index is 0.0578. The second-order valence-electron chi connectivity index (χ2n) is 6.66. The van der Waals surface area contributed by atoms with Gasteiger partial charge >= 0.3 is 0 Å². The molecule has 0 saturated carbocycles. The lowest BCUT2D eigenvalue weighted by Crippen LogP contribution is -2.50. The van der Waals surface area contributed by atoms with E-state index in [1.54, 1.807) is 0 Å². The fourth-order valence-corrected chi connectivity index (χ4v) is 3.97. The van der Waals surface area contributed by atoms with Crippen molar-refractivity contribution in [3.05, 3.63) is 59.9 Å². The number of anilines is 1. The van der Waals surface area contributed by atoms with E-state index in [1.165, 1.54) is 16.8 Å². The maximum absolute atomic E-state index is 13.1. The zero-order valence-electron chi connectivity index (χ0n) is 13.9. The number of carbonyl (C=O) groups is 1. The van der Waals surface area contributed by atoms with Crippen molar-refractivity contribution in [3.8, 4) is 0 Å². The van der Waals surface area contributed by atoms with Crippen molar-refractivity contribution < 1.29 is 4.79 Å². The van der Waals surface area contributed by atoms with E-state index in [-0.39, 0.29) is 5.92 Å². The highest BCUT2D eigenvalue weighted by Gasteiger charge is 2.31. The molecule has 1 aliphatic heterocycles. The van der Waals surface area contributed by atoms with Crippen molar-refractivity contribution >= 4 is 11.6 Å². The smallest absolute Gasteiger partial charge is 0.230 e. The van der Waals surface area contributed by atoms with Crippen LogP contribution in [0.4, 0.5) is 5.69 Å². The maximum Gasteiger partial charge on any atom is 0.230 e. The van der Waals surface area contributed by atoms with Gasteiger partial charge in [-0.25, -0.2) is 0 Å². The minimum atomic E-state index is 0.0578. The summed E-state index contributed by atoms with van der Waals surface area (Å²) in [6.45, 7) is 3.40. The van der Waals surface area contributed by atoms with Crippen molar-refractivity contribution in [1.29, 1.82) is 0 Å². The van der Waals surface area contributed by atoms with Gasteiger partial charge in [0.2, 0.25) is 5.91 Å². The van der Waals surface area contributed by atoms with Gasteiger partial charge in [0, 0.05) is 44.3 Å². The summed E-state index contributed by atoms with van der Waals surface area (Å²) in [4.78, 5) is 21.5. The minimum Gasteiger partial charge on any atom is -0.368 e. The lowest BCUT2D eigenvalue weighted by Gasteiger charge is -2.38. The number of rotatable bonds is 2. The Morgan fingerprint density at radius 2 is 1.75 bits per heavy atom. The van der Waals surface area contributed by atoms with Crippen LogP contribution in [0.2, 0.25) is 0 Å². The molecular formula is C20H23N3O. The zero-order valence-corrected chi connectivity index (χ0v) is 13.9. The third-order valence-electron chi connectivity index (χ3n) is 5.29. The molecule has 0 spiro atoms. The molecular weight excluding hydrogens is 298 g/mol. The van der Waals surface area contributed by atoms with Crippen molar-refractivity contribution in [2.75, 3.05) is 31.1 Å². The summed E-state index contributed by atoms with van der Waals surface area (Å²) >= 11 is 0. The molecule has 24 heavy (non-hydrogen) atoms. The number of hydrogen-bond acceptors (Lipinski definition) is 3. The molecule has 1 aliphatic carbocycles. The van der Waals surface area contributed by atoms with E-state index < -0.39 is 0 Å². The van der Waals surface area contributed by atoms with Crippen LogP contribution in [0.25, 0.3) is 0 Å². The number of fused-ring (bicyclic) bond motifs is 1. The Morgan fingerprint density at radius 3 is 2.54 bits per heavy atom. The SMILES string of the molecule is O=C(C1CCCc2ccccc21)N1CCN(c2ccncc2)CC1. The first-order chi connectivity index (χ1) is 11.8. The van der Waals surface area contributed by atoms with Gasteiger partial charge in [-0.05, 0) is 42.5 Å². The van der Waals surface area contributed by atoms with Crippen LogP contribution in [0.1, 0.15) is 29.9 Å². The summed E-state index contributed by atoms with van der Waals surface area (Å²) in [6, 6.07) is 12.5. The van der Waals surface area contributed by atoms with E-state index in [0.717, 1.165) is 45.4 Å². The van der Waals surface area contributed by atoms with Crippen LogP contribution >= 0.6 is 0 Å². The topological polar surface area (TPSA) is 36.4 Å². The first-order valence-corrected chi connectivity index (χ1v) is 8.84. The van der Waals surface area contributed by atoms with Crippen molar-refractivity contribution in [1.82, 2.24) is 9.88 Å². The van der Waals surface area contributed by atoms with Gasteiger partial charge in [-0.2, -0.15) is 0 Å². The maximum atomic E-state index is 13.1. The summed E-state index contributed by atoms with van der Waals surface area (Å²) in [5, 5.41) is 0. The fourth-order valence-electron chi connectivity index (χ4n) is 3.97. The predicted octanol–water partition coefficient (Wildman–Crippen LogP) is 2.85. The molecule has 1 amide bonds. The molecule has 0 bridgehead atoms. The molecule has 2 aromatic rings. The monoisotopic (exact) mass is 321 g/mol. The number of amides is 1. The average molecular weight is 321 g/mol. The number of pyridine rings is 1. The molecule has 0 radical (unpaired) electrons. The highest BCUT2D eigenvalue weighted by molar-refractivity contribution is 5.84. The van der Waals surface area contributed by atoms with E-state index in [4.69, 9.17) is 0 Å². The molecule has 2 aliphatic rings. The van der Waals surface area contributed by atoms with Crippen LogP contribution in [-0.4, -0.2) is 42.0 Å². The van der Waals surface area contributed by atoms with E-state index in [1.807, 2.05) is 24.5 Å². The third-order valence-corrected chi connectivity index (χ3v) is 5.29. The Hall–Kier alpha value is -2.36. The normalized spacial score (nSPS) is 20.6. The van der Waals surface area contributed by atoms with Gasteiger partial charge in [-0.3, -0.25) is 9.78 Å². The highest BCUT2D eigenvalue weighted by Crippen LogP contribution is 2.33. The van der Waals surface area contributed by atoms with Gasteiger partial charge in [0.05, 0.1) is 5.92 Å². The Morgan fingerprint density at radius 1 is 1.00 bits per heavy atom. The number of aryl methyl sites for hydroxylation is 1. The molecule has 1 saturated heterocycles. The lowest BCUT2D eigenvalue weighted by molar-refractivity contribution is -0.133. The van der Waals surface area contributed by atoms with E-state index in [0.29, 0.717) is 5.91 Å². The van der Waals surface area contributed by atoms with E-state index in [2.05, 4.69) is 39.0 Å². The van der Waals surface area contributed by atoms with Gasteiger partial charge in [0.15, 0.2) is 0 Å². The van der Waals surface area contributed by atoms with Gasteiger partial charge < -0.3 is 9.80 Å². The van der Waals surface area contributed by atoms with Crippen molar-refractivity contribution in [2.24, 2.45) is 0 Å². The quantitative estimate of drug-likeness (QED) is 0.853. The number of piperazine rings is 1. The molecule has 1 atom stereocenters. The van der Waals surface area contributed by atoms with Crippen molar-refractivity contribution in [3.63, 3.8) is 0 Å². The first kappa shape index (κ1) is 15.2. The molecule has 4 heteroatoms. The zero-order chi connectivity index (χ0) is 16.4. The summed E-state index contributed by atoms with van der Waals surface area (Å²) in [5.41, 5.74) is 3.81. The Bertz CT molecular complexity index is 708. The van der Waals surface area contributed by atoms with E-state index in [9.17, 15) is 4.79 Å². The standard InChI is InChI=1S/C20H23N3O/c24-20(19-7-3-5-16-4-1-2-6-18(16)19)23-14-12-22(13-15-23)17-8-10-21-11-9-17/h1-2,4,6,8-11,19H,3,5,7,12-15H2. The van der Waals surface area contributed by atoms with Crippen LogP contribution in [0.3, 0.4) is 0 Å². The molecule has 4 nitrogen and oxygen atoms in total. The predicted molar refractivity (Wildman–Crippen MR) is 95.2 cm³/mol. The Balaban J connectivity index is 1.44. The number of benzene rings is 1. The largest absolute Gasteiger partial charge is 0.368 e. The summed E-state index contributed by atoms with van der Waals surface area (Å²) in [6.07, 6.45) is 6.86. The summed E-state index contributed by atoms with van der Waals surface area (Å²) < 4.78 is 0. The number of carbonyl (C=O) groups excluding carboxylic acids is 1. The second kappa shape index (κ2) is 6.63. The molecule has 1 unspecified atom stereocenters. The fraction of sp³-hybridized carbons (Fsp3) is 0.400. The van der Waals surface area contributed by atoms with E-state index >= 15 is 0 Å². The van der Waals surface area contributed by atoms with Crippen LogP contribution in [0.15, 0.2) is 48.8 Å². The van der Waals surface area contributed by atoms with Gasteiger partial charge in [-0.15, -0.1) is 0 Å². The highest BCUT2D eigenvalue weighted by atomic mass is 16.2. The first-order valence-electron chi connectivity index (χ1n) is 8.84. The molecule has 1 aromatic carbocycles. The Kier molecular flexibility index (Phi) is 4.20. The average Bonchev–Trinajstić information content (AvgIpc) is 2.68. The molecule has 1 fully saturated rings. The molecule has 2 heterocycles. The van der Waals surface area contributed by atoms with Crippen LogP contribution in [-0.2, 0) is 11.2 Å². The summed E-state index contributed by atoms with van der Waals surface area (Å²) in [5.74, 6) is 0.374. The van der Waals surface area contributed by atoms with Gasteiger partial charge in [-0.1, -0.05) is 24.3 Å². The summed E-state index contributed by atoms with van der Waals surface area (Å²) in [7, 11) is 0. The molecule has 0 N–H and O–H groups in total.